The molecule has 0 amide bonds. The van der Waals surface area contributed by atoms with Crippen molar-refractivity contribution in [2.45, 2.75) is 25.8 Å². The number of hydrogen-bond acceptors (Lipinski definition) is 4. The van der Waals surface area contributed by atoms with E-state index in [-0.39, 0.29) is 5.78 Å². The minimum atomic E-state index is -3.36. The molecule has 0 radical (unpaired) electrons. The molecule has 0 saturated carbocycles. The molecular formula is C9H18O4Si. The predicted molar refractivity (Wildman–Crippen MR) is 55.9 cm³/mol. The molecule has 0 aliphatic carbocycles. The lowest BCUT2D eigenvalue weighted by molar-refractivity contribution is -0.116. The average molecular weight is 218 g/mol. The zero-order valence-corrected chi connectivity index (χ0v) is 10.2. The van der Waals surface area contributed by atoms with E-state index in [1.54, 1.807) is 6.92 Å². The van der Waals surface area contributed by atoms with E-state index in [9.17, 15) is 9.59 Å². The van der Waals surface area contributed by atoms with Crippen molar-refractivity contribution in [3.63, 3.8) is 0 Å². The van der Waals surface area contributed by atoms with Crippen molar-refractivity contribution in [1.82, 2.24) is 0 Å². The van der Waals surface area contributed by atoms with Crippen LogP contribution in [0.1, 0.15) is 20.3 Å². The molecule has 0 bridgehead atoms. The Morgan fingerprint density at radius 3 is 2.14 bits per heavy atom. The van der Waals surface area contributed by atoms with Gasteiger partial charge in [-0.3, -0.25) is 4.79 Å². The smallest absolute Gasteiger partial charge is 0.389 e. The number of carbonyl (C=O) groups excluding carboxylic acids is 1. The van der Waals surface area contributed by atoms with E-state index in [1.807, 2.05) is 6.92 Å². The molecule has 0 fully saturated rings. The van der Waals surface area contributed by atoms with Gasteiger partial charge in [0.05, 0.1) is 5.54 Å². The van der Waals surface area contributed by atoms with E-state index in [4.69, 9.17) is 8.85 Å². The van der Waals surface area contributed by atoms with Gasteiger partial charge in [-0.05, 0) is 18.9 Å². The number of rotatable bonds is 6. The first-order chi connectivity index (χ1) is 6.42. The first-order valence-electron chi connectivity index (χ1n) is 4.45. The van der Waals surface area contributed by atoms with Crippen molar-refractivity contribution in [2.24, 2.45) is 0 Å². The van der Waals surface area contributed by atoms with Crippen molar-refractivity contribution in [3.05, 3.63) is 12.2 Å². The lowest BCUT2D eigenvalue weighted by Crippen LogP contribution is -2.48. The molecule has 1 atom stereocenters. The minimum Gasteiger partial charge on any atom is -0.389 e. The van der Waals surface area contributed by atoms with E-state index in [0.29, 0.717) is 12.0 Å². The number of carbonyl (C=O) groups is 1. The van der Waals surface area contributed by atoms with Crippen LogP contribution in [0.25, 0.3) is 0 Å². The molecule has 1 N–H and O–H groups in total. The lowest BCUT2D eigenvalue weighted by atomic mass is 10.1. The minimum absolute atomic E-state index is 0.189. The number of Topliss-reactive ketones (excluding diaryl/α,β-unsaturated/α-hetero) is 1. The summed E-state index contributed by atoms with van der Waals surface area (Å²) in [5.74, 6) is -0.189. The second-order valence-corrected chi connectivity index (χ2v) is 5.92. The Bertz CT molecular complexity index is 223. The summed E-state index contributed by atoms with van der Waals surface area (Å²) in [5, 5.41) is 0. The fraction of sp³-hybridized carbons (Fsp3) is 0.667. The second kappa shape index (κ2) is 5.40. The molecule has 0 aromatic rings. The Balaban J connectivity index is 4.86. The first-order valence-corrected chi connectivity index (χ1v) is 6.29. The Morgan fingerprint density at radius 1 is 1.50 bits per heavy atom. The fourth-order valence-electron chi connectivity index (χ4n) is 1.27. The molecule has 5 heteroatoms. The van der Waals surface area contributed by atoms with Crippen LogP contribution < -0.4 is 0 Å². The highest BCUT2D eigenvalue weighted by atomic mass is 28.4. The Labute approximate surface area is 85.9 Å². The average Bonchev–Trinajstić information content (AvgIpc) is 2.18. The summed E-state index contributed by atoms with van der Waals surface area (Å²) >= 11 is 0. The van der Waals surface area contributed by atoms with E-state index in [2.05, 4.69) is 6.58 Å². The molecule has 82 valence electrons. The molecule has 0 saturated heterocycles. The van der Waals surface area contributed by atoms with E-state index < -0.39 is 14.3 Å². The van der Waals surface area contributed by atoms with E-state index in [1.165, 1.54) is 14.2 Å². The monoisotopic (exact) mass is 218 g/mol. The van der Waals surface area contributed by atoms with Crippen LogP contribution in [0, 0.1) is 0 Å². The SMILES string of the molecule is C=C(C)C(=O)C(CC)[Si](O)(OC)OC. The topological polar surface area (TPSA) is 55.8 Å². The third kappa shape index (κ3) is 2.75. The van der Waals surface area contributed by atoms with Crippen molar-refractivity contribution in [3.8, 4) is 0 Å². The van der Waals surface area contributed by atoms with Crippen LogP contribution in [0.3, 0.4) is 0 Å². The highest BCUT2D eigenvalue weighted by Crippen LogP contribution is 2.27. The van der Waals surface area contributed by atoms with Gasteiger partial charge in [-0.1, -0.05) is 13.5 Å². The Morgan fingerprint density at radius 2 is 1.93 bits per heavy atom. The van der Waals surface area contributed by atoms with Crippen molar-refractivity contribution in [2.75, 3.05) is 14.2 Å². The van der Waals surface area contributed by atoms with Crippen LogP contribution in [-0.2, 0) is 13.6 Å². The fourth-order valence-corrected chi connectivity index (χ4v) is 3.10. The van der Waals surface area contributed by atoms with Crippen LogP contribution in [0.15, 0.2) is 12.2 Å². The summed E-state index contributed by atoms with van der Waals surface area (Å²) in [6.45, 7) is 6.98. The molecular weight excluding hydrogens is 200 g/mol. The van der Waals surface area contributed by atoms with Crippen molar-refractivity contribution < 1.29 is 18.4 Å². The summed E-state index contributed by atoms with van der Waals surface area (Å²) in [6, 6.07) is 0. The molecule has 1 unspecified atom stereocenters. The van der Waals surface area contributed by atoms with Gasteiger partial charge in [-0.25, -0.2) is 0 Å². The third-order valence-corrected chi connectivity index (χ3v) is 4.89. The summed E-state index contributed by atoms with van der Waals surface area (Å²) in [5.41, 5.74) is -0.188. The Kier molecular flexibility index (Phi) is 5.21. The van der Waals surface area contributed by atoms with Gasteiger partial charge in [0.25, 0.3) is 0 Å². The Hall–Kier alpha value is -0.493. The molecule has 0 aliphatic rings. The van der Waals surface area contributed by atoms with Gasteiger partial charge < -0.3 is 13.6 Å². The first kappa shape index (κ1) is 13.5. The third-order valence-electron chi connectivity index (χ3n) is 2.17. The molecule has 4 nitrogen and oxygen atoms in total. The number of ketones is 1. The van der Waals surface area contributed by atoms with Crippen LogP contribution >= 0.6 is 0 Å². The standard InChI is InChI=1S/C9H18O4Si/c1-6-8(9(10)7(2)3)14(11,12-4)13-5/h8,11H,2,6H2,1,3-5H3. The molecule has 0 heterocycles. The second-order valence-electron chi connectivity index (χ2n) is 3.14. The maximum atomic E-state index is 11.7. The highest BCUT2D eigenvalue weighted by Gasteiger charge is 2.47. The van der Waals surface area contributed by atoms with Crippen LogP contribution in [0.4, 0.5) is 0 Å². The number of hydrogen-bond donors (Lipinski definition) is 1. The van der Waals surface area contributed by atoms with Crippen LogP contribution in [0.5, 0.6) is 0 Å². The van der Waals surface area contributed by atoms with Crippen molar-refractivity contribution in [1.29, 1.82) is 0 Å². The lowest BCUT2D eigenvalue weighted by Gasteiger charge is -2.27. The summed E-state index contributed by atoms with van der Waals surface area (Å²) in [4.78, 5) is 21.6. The van der Waals surface area contributed by atoms with Crippen LogP contribution in [0.2, 0.25) is 5.54 Å². The quantitative estimate of drug-likeness (QED) is 0.536. The zero-order valence-electron chi connectivity index (χ0n) is 9.16. The predicted octanol–water partition coefficient (Wildman–Crippen LogP) is 1.14. The summed E-state index contributed by atoms with van der Waals surface area (Å²) in [6.07, 6.45) is 0.482. The molecule has 14 heavy (non-hydrogen) atoms. The molecule has 0 aromatic heterocycles. The van der Waals surface area contributed by atoms with Gasteiger partial charge in [-0.2, -0.15) is 0 Å². The summed E-state index contributed by atoms with van der Waals surface area (Å²) < 4.78 is 9.84. The summed E-state index contributed by atoms with van der Waals surface area (Å²) in [7, 11) is -0.660. The van der Waals surface area contributed by atoms with Gasteiger partial charge in [0.1, 0.15) is 0 Å². The molecule has 0 spiro atoms. The maximum Gasteiger partial charge on any atom is 0.509 e. The number of allylic oxidation sites excluding steroid dienone is 1. The van der Waals surface area contributed by atoms with Gasteiger partial charge >= 0.3 is 8.80 Å². The van der Waals surface area contributed by atoms with Crippen LogP contribution in [-0.4, -0.2) is 33.6 Å². The van der Waals surface area contributed by atoms with Gasteiger partial charge in [0.2, 0.25) is 0 Å². The van der Waals surface area contributed by atoms with E-state index in [0.717, 1.165) is 0 Å². The van der Waals surface area contributed by atoms with Gasteiger partial charge in [0.15, 0.2) is 5.78 Å². The zero-order chi connectivity index (χ0) is 11.4. The molecule has 0 rings (SSSR count). The van der Waals surface area contributed by atoms with Gasteiger partial charge in [0, 0.05) is 14.2 Å². The van der Waals surface area contributed by atoms with Crippen molar-refractivity contribution >= 4 is 14.6 Å². The largest absolute Gasteiger partial charge is 0.509 e. The highest BCUT2D eigenvalue weighted by molar-refractivity contribution is 6.65. The van der Waals surface area contributed by atoms with Gasteiger partial charge in [-0.15, -0.1) is 0 Å². The maximum absolute atomic E-state index is 11.7. The van der Waals surface area contributed by atoms with E-state index >= 15 is 0 Å². The molecule has 0 aliphatic heterocycles. The normalized spacial score (nSPS) is 13.8. The molecule has 0 aromatic carbocycles.